The van der Waals surface area contributed by atoms with Gasteiger partial charge in [-0.3, -0.25) is 0 Å². The van der Waals surface area contributed by atoms with E-state index in [0.29, 0.717) is 18.7 Å². The Morgan fingerprint density at radius 2 is 1.67 bits per heavy atom. The van der Waals surface area contributed by atoms with Crippen molar-refractivity contribution in [2.24, 2.45) is 0 Å². The van der Waals surface area contributed by atoms with Crippen LogP contribution in [-0.4, -0.2) is 27.1 Å². The molecule has 2 N–H and O–H groups in total. The Bertz CT molecular complexity index is 1040. The van der Waals surface area contributed by atoms with Crippen molar-refractivity contribution in [3.8, 4) is 11.4 Å². The predicted octanol–water partition coefficient (Wildman–Crippen LogP) is 6.60. The van der Waals surface area contributed by atoms with Crippen LogP contribution in [0.15, 0.2) is 54.7 Å². The summed E-state index contributed by atoms with van der Waals surface area (Å²) in [4.78, 5) is 14.5. The fourth-order valence-electron chi connectivity index (χ4n) is 3.61. The lowest BCUT2D eigenvalue weighted by molar-refractivity contribution is 0.206. The highest BCUT2D eigenvalue weighted by atomic mass is 19.1. The molecule has 0 fully saturated rings. The number of anilines is 1. The molecule has 0 spiro atoms. The standard InChI is InChI=1S/C25H28F3N3O2/c1-2-3-4-5-6-13-30(25(33)29-24-22(27)15-18(26)16-23(24)28)17-20-8-7-14-31(20)19-9-11-21(32)12-10-19/h7-12,14-16,32H,2-6,13,17H2,1H3,(H,29,33). The first-order valence-corrected chi connectivity index (χ1v) is 11.0. The smallest absolute Gasteiger partial charge is 0.322 e. The highest BCUT2D eigenvalue weighted by molar-refractivity contribution is 5.89. The van der Waals surface area contributed by atoms with Crippen LogP contribution in [0.25, 0.3) is 5.69 Å². The van der Waals surface area contributed by atoms with Crippen molar-refractivity contribution in [1.82, 2.24) is 9.47 Å². The summed E-state index contributed by atoms with van der Waals surface area (Å²) in [7, 11) is 0. The third kappa shape index (κ3) is 6.54. The van der Waals surface area contributed by atoms with Gasteiger partial charge >= 0.3 is 6.03 Å². The summed E-state index contributed by atoms with van der Waals surface area (Å²) >= 11 is 0. The van der Waals surface area contributed by atoms with Crippen LogP contribution in [0.2, 0.25) is 0 Å². The monoisotopic (exact) mass is 459 g/mol. The number of phenols is 1. The number of carbonyl (C=O) groups excluding carboxylic acids is 1. The molecule has 0 atom stereocenters. The van der Waals surface area contributed by atoms with Crippen LogP contribution in [-0.2, 0) is 6.54 Å². The number of aromatic nitrogens is 1. The molecule has 2 amide bonds. The lowest BCUT2D eigenvalue weighted by Gasteiger charge is -2.24. The molecule has 3 rings (SSSR count). The first-order valence-electron chi connectivity index (χ1n) is 11.0. The van der Waals surface area contributed by atoms with Crippen LogP contribution in [0, 0.1) is 17.5 Å². The second-order valence-electron chi connectivity index (χ2n) is 7.90. The summed E-state index contributed by atoms with van der Waals surface area (Å²) in [6.07, 6.45) is 6.72. The lowest BCUT2D eigenvalue weighted by Crippen LogP contribution is -2.36. The van der Waals surface area contributed by atoms with Gasteiger partial charge in [-0.2, -0.15) is 0 Å². The largest absolute Gasteiger partial charge is 0.508 e. The fourth-order valence-corrected chi connectivity index (χ4v) is 3.61. The number of carbonyl (C=O) groups is 1. The molecule has 0 radical (unpaired) electrons. The molecule has 0 saturated heterocycles. The Kier molecular flexibility index (Phi) is 8.40. The molecule has 3 aromatic rings. The van der Waals surface area contributed by atoms with Crippen LogP contribution >= 0.6 is 0 Å². The molecule has 0 aliphatic heterocycles. The van der Waals surface area contributed by atoms with Crippen LogP contribution in [0.1, 0.15) is 44.7 Å². The van der Waals surface area contributed by atoms with E-state index in [2.05, 4.69) is 12.2 Å². The van der Waals surface area contributed by atoms with Gasteiger partial charge in [-0.25, -0.2) is 18.0 Å². The van der Waals surface area contributed by atoms with Gasteiger partial charge in [-0.1, -0.05) is 32.6 Å². The molecule has 8 heteroatoms. The molecule has 33 heavy (non-hydrogen) atoms. The normalized spacial score (nSPS) is 10.9. The first-order chi connectivity index (χ1) is 15.9. The van der Waals surface area contributed by atoms with Gasteiger partial charge in [0.1, 0.15) is 17.3 Å². The van der Waals surface area contributed by atoms with Crippen molar-refractivity contribution < 1.29 is 23.1 Å². The molecule has 176 valence electrons. The zero-order valence-corrected chi connectivity index (χ0v) is 18.5. The van der Waals surface area contributed by atoms with E-state index in [4.69, 9.17) is 0 Å². The number of phenolic OH excluding ortho intramolecular Hbond substituents is 1. The predicted molar refractivity (Wildman–Crippen MR) is 122 cm³/mol. The van der Waals surface area contributed by atoms with Crippen molar-refractivity contribution in [1.29, 1.82) is 0 Å². The van der Waals surface area contributed by atoms with E-state index in [-0.39, 0.29) is 12.3 Å². The maximum absolute atomic E-state index is 14.1. The number of nitrogens with zero attached hydrogens (tertiary/aromatic N) is 2. The summed E-state index contributed by atoms with van der Waals surface area (Å²) in [6.45, 7) is 2.70. The van der Waals surface area contributed by atoms with E-state index in [1.54, 1.807) is 24.3 Å². The number of aromatic hydroxyl groups is 1. The van der Waals surface area contributed by atoms with Crippen molar-refractivity contribution >= 4 is 11.7 Å². The van der Waals surface area contributed by atoms with Gasteiger partial charge < -0.3 is 19.9 Å². The minimum absolute atomic E-state index is 0.142. The molecule has 5 nitrogen and oxygen atoms in total. The second-order valence-corrected chi connectivity index (χ2v) is 7.90. The molecule has 0 bridgehead atoms. The molecular formula is C25H28F3N3O2. The zero-order chi connectivity index (χ0) is 23.8. The van der Waals surface area contributed by atoms with E-state index in [1.807, 2.05) is 22.9 Å². The quantitative estimate of drug-likeness (QED) is 0.336. The Morgan fingerprint density at radius 1 is 1.00 bits per heavy atom. The third-order valence-electron chi connectivity index (χ3n) is 5.37. The minimum Gasteiger partial charge on any atom is -0.508 e. The van der Waals surface area contributed by atoms with E-state index in [1.165, 1.54) is 4.90 Å². The van der Waals surface area contributed by atoms with E-state index < -0.39 is 29.2 Å². The molecule has 0 unspecified atom stereocenters. The van der Waals surface area contributed by atoms with Gasteiger partial charge in [-0.05, 0) is 42.8 Å². The minimum atomic E-state index is -1.17. The number of unbranched alkanes of at least 4 members (excludes halogenated alkanes) is 4. The Balaban J connectivity index is 1.79. The Morgan fingerprint density at radius 3 is 2.33 bits per heavy atom. The number of nitrogens with one attached hydrogen (secondary N) is 1. The lowest BCUT2D eigenvalue weighted by atomic mass is 10.1. The molecule has 0 aliphatic carbocycles. The molecule has 1 aromatic heterocycles. The number of rotatable bonds is 10. The van der Waals surface area contributed by atoms with Crippen LogP contribution in [0.5, 0.6) is 5.75 Å². The molecule has 1 heterocycles. The maximum atomic E-state index is 14.1. The number of benzene rings is 2. The Labute approximate surface area is 191 Å². The van der Waals surface area contributed by atoms with Crippen molar-refractivity contribution in [3.05, 3.63) is 77.9 Å². The highest BCUT2D eigenvalue weighted by Crippen LogP contribution is 2.22. The van der Waals surface area contributed by atoms with Crippen molar-refractivity contribution in [3.63, 3.8) is 0 Å². The number of urea groups is 1. The summed E-state index contributed by atoms with van der Waals surface area (Å²) in [6, 6.07) is 10.7. The maximum Gasteiger partial charge on any atom is 0.322 e. The number of halogens is 3. The van der Waals surface area contributed by atoms with Gasteiger partial charge in [0.05, 0.1) is 6.54 Å². The van der Waals surface area contributed by atoms with Gasteiger partial charge in [0, 0.05) is 36.3 Å². The van der Waals surface area contributed by atoms with E-state index >= 15 is 0 Å². The number of amides is 2. The molecule has 0 aliphatic rings. The third-order valence-corrected chi connectivity index (χ3v) is 5.37. The van der Waals surface area contributed by atoms with Gasteiger partial charge in [0.2, 0.25) is 0 Å². The average molecular weight is 460 g/mol. The van der Waals surface area contributed by atoms with Crippen molar-refractivity contribution in [2.75, 3.05) is 11.9 Å². The summed E-state index contributed by atoms with van der Waals surface area (Å²) in [5, 5.41) is 11.8. The van der Waals surface area contributed by atoms with Crippen LogP contribution < -0.4 is 5.32 Å². The number of hydrogen-bond donors (Lipinski definition) is 2. The second kappa shape index (κ2) is 11.4. The number of hydrogen-bond acceptors (Lipinski definition) is 2. The molecule has 2 aromatic carbocycles. The highest BCUT2D eigenvalue weighted by Gasteiger charge is 2.20. The summed E-state index contributed by atoms with van der Waals surface area (Å²) in [5.41, 5.74) is 0.905. The first kappa shape index (κ1) is 24.2. The summed E-state index contributed by atoms with van der Waals surface area (Å²) < 4.78 is 43.3. The van der Waals surface area contributed by atoms with E-state index in [0.717, 1.165) is 43.5 Å². The fraction of sp³-hybridized carbons (Fsp3) is 0.320. The molecule has 0 saturated carbocycles. The van der Waals surface area contributed by atoms with Crippen LogP contribution in [0.3, 0.4) is 0 Å². The van der Waals surface area contributed by atoms with E-state index in [9.17, 15) is 23.1 Å². The Hall–Kier alpha value is -3.42. The topological polar surface area (TPSA) is 57.5 Å². The van der Waals surface area contributed by atoms with Gasteiger partial charge in [-0.15, -0.1) is 0 Å². The van der Waals surface area contributed by atoms with Crippen LogP contribution in [0.4, 0.5) is 23.7 Å². The van der Waals surface area contributed by atoms with Crippen molar-refractivity contribution in [2.45, 2.75) is 45.6 Å². The van der Waals surface area contributed by atoms with Gasteiger partial charge in [0.25, 0.3) is 0 Å². The van der Waals surface area contributed by atoms with Gasteiger partial charge in [0.15, 0.2) is 11.6 Å². The zero-order valence-electron chi connectivity index (χ0n) is 18.5. The SMILES string of the molecule is CCCCCCCN(Cc1cccn1-c1ccc(O)cc1)C(=O)Nc1c(F)cc(F)cc1F. The average Bonchev–Trinajstić information content (AvgIpc) is 3.23. The molecular weight excluding hydrogens is 431 g/mol. The summed E-state index contributed by atoms with van der Waals surface area (Å²) in [5.74, 6) is -3.25.